The van der Waals surface area contributed by atoms with Gasteiger partial charge in [0.2, 0.25) is 11.9 Å². The Morgan fingerprint density at radius 2 is 1.91 bits per heavy atom. The number of rotatable bonds is 5. The van der Waals surface area contributed by atoms with Crippen molar-refractivity contribution in [3.63, 3.8) is 0 Å². The van der Waals surface area contributed by atoms with E-state index >= 15 is 0 Å². The zero-order valence-corrected chi connectivity index (χ0v) is 18.1. The highest BCUT2D eigenvalue weighted by atomic mass is 35.5. The highest BCUT2D eigenvalue weighted by Crippen LogP contribution is 2.37. The minimum atomic E-state index is -0.694. The lowest BCUT2D eigenvalue weighted by Crippen LogP contribution is -2.31. The van der Waals surface area contributed by atoms with Gasteiger partial charge in [-0.1, -0.05) is 35.9 Å². The first kappa shape index (κ1) is 20.2. The van der Waals surface area contributed by atoms with Crippen molar-refractivity contribution in [2.24, 2.45) is 0 Å². The van der Waals surface area contributed by atoms with Gasteiger partial charge < -0.3 is 5.32 Å². The van der Waals surface area contributed by atoms with Gasteiger partial charge in [0.05, 0.1) is 29.7 Å². The van der Waals surface area contributed by atoms with Crippen LogP contribution in [0.4, 0.5) is 11.6 Å². The van der Waals surface area contributed by atoms with Crippen LogP contribution in [-0.4, -0.2) is 26.3 Å². The van der Waals surface area contributed by atoms with E-state index in [9.17, 15) is 9.59 Å². The maximum atomic E-state index is 13.4. The molecule has 0 aliphatic carbocycles. The van der Waals surface area contributed by atoms with Gasteiger partial charge in [-0.05, 0) is 48.9 Å². The number of hydrogen-bond acceptors (Lipinski definition) is 4. The zero-order valence-electron chi connectivity index (χ0n) is 17.3. The Bertz CT molecular complexity index is 1330. The number of carbonyl (C=O) groups is 2. The first-order valence-corrected chi connectivity index (χ1v) is 10.6. The number of nitrogens with one attached hydrogen (secondary N) is 1. The molecule has 1 aliphatic rings. The summed E-state index contributed by atoms with van der Waals surface area (Å²) in [5.74, 6) is 0.0811. The molecule has 4 aromatic rings. The molecular formula is C24H20ClN5O2. The highest BCUT2D eigenvalue weighted by Gasteiger charge is 2.41. The van der Waals surface area contributed by atoms with Gasteiger partial charge in [-0.15, -0.1) is 0 Å². The van der Waals surface area contributed by atoms with Crippen LogP contribution in [0.15, 0.2) is 66.9 Å². The molecule has 5 rings (SSSR count). The summed E-state index contributed by atoms with van der Waals surface area (Å²) in [7, 11) is 0. The third-order valence-corrected chi connectivity index (χ3v) is 6.06. The Hall–Kier alpha value is -3.71. The van der Waals surface area contributed by atoms with E-state index in [-0.39, 0.29) is 24.8 Å². The Morgan fingerprint density at radius 1 is 1.09 bits per heavy atom. The fraction of sp³-hybridized carbons (Fsp3) is 0.167. The number of amides is 2. The molecule has 1 aliphatic heterocycles. The summed E-state index contributed by atoms with van der Waals surface area (Å²) in [4.78, 5) is 37.0. The van der Waals surface area contributed by atoms with Crippen LogP contribution >= 0.6 is 11.6 Å². The van der Waals surface area contributed by atoms with Gasteiger partial charge in [-0.3, -0.25) is 24.0 Å². The Morgan fingerprint density at radius 3 is 2.72 bits per heavy atom. The van der Waals surface area contributed by atoms with Crippen molar-refractivity contribution in [2.75, 3.05) is 10.2 Å². The van der Waals surface area contributed by atoms with Crippen molar-refractivity contribution < 1.29 is 9.59 Å². The molecule has 1 unspecified atom stereocenters. The molecule has 0 spiro atoms. The van der Waals surface area contributed by atoms with Gasteiger partial charge in [0.1, 0.15) is 6.04 Å². The van der Waals surface area contributed by atoms with Crippen molar-refractivity contribution in [1.82, 2.24) is 14.5 Å². The minimum Gasteiger partial charge on any atom is -0.326 e. The van der Waals surface area contributed by atoms with Crippen molar-refractivity contribution in [2.45, 2.75) is 25.9 Å². The number of hydrogen-bond donors (Lipinski definition) is 1. The molecule has 7 nitrogen and oxygen atoms in total. The Kier molecular flexibility index (Phi) is 5.11. The molecule has 32 heavy (non-hydrogen) atoms. The predicted molar refractivity (Wildman–Crippen MR) is 124 cm³/mol. The normalized spacial score (nSPS) is 15.2. The molecule has 1 atom stereocenters. The van der Waals surface area contributed by atoms with Crippen molar-refractivity contribution in [3.8, 4) is 0 Å². The lowest BCUT2D eigenvalue weighted by Gasteiger charge is -2.16. The zero-order chi connectivity index (χ0) is 22.2. The summed E-state index contributed by atoms with van der Waals surface area (Å²) in [5, 5.41) is 3.47. The van der Waals surface area contributed by atoms with E-state index in [0.29, 0.717) is 16.7 Å². The number of halogens is 1. The third kappa shape index (κ3) is 3.50. The monoisotopic (exact) mass is 445 g/mol. The molecule has 2 aromatic carbocycles. The second-order valence-corrected chi connectivity index (χ2v) is 8.10. The SMILES string of the molecule is Cc1c(Cl)cccc1NC(=O)CC1C(=O)N(Cc2ccccn2)c2nc3ccccc3n21. The number of aromatic nitrogens is 3. The number of para-hydroxylation sites is 2. The van der Waals surface area contributed by atoms with E-state index in [1.54, 1.807) is 29.3 Å². The lowest BCUT2D eigenvalue weighted by atomic mass is 10.1. The average molecular weight is 446 g/mol. The van der Waals surface area contributed by atoms with Crippen LogP contribution in [-0.2, 0) is 16.1 Å². The first-order chi connectivity index (χ1) is 15.5. The largest absolute Gasteiger partial charge is 0.326 e. The van der Waals surface area contributed by atoms with Crippen LogP contribution in [0.5, 0.6) is 0 Å². The van der Waals surface area contributed by atoms with Crippen LogP contribution in [0, 0.1) is 6.92 Å². The molecule has 2 aromatic heterocycles. The Labute approximate surface area is 189 Å². The molecule has 160 valence electrons. The van der Waals surface area contributed by atoms with E-state index in [4.69, 9.17) is 11.6 Å². The van der Waals surface area contributed by atoms with Crippen LogP contribution in [0.1, 0.15) is 23.7 Å². The topological polar surface area (TPSA) is 80.1 Å². The fourth-order valence-electron chi connectivity index (χ4n) is 4.02. The third-order valence-electron chi connectivity index (χ3n) is 5.65. The standard InChI is InChI=1S/C24H20ClN5O2/c1-15-17(25)8-6-10-18(15)27-22(31)13-21-23(32)29(14-16-7-4-5-12-26-16)24-28-19-9-2-3-11-20(19)30(21)24/h2-12,21H,13-14H2,1H3,(H,27,31). The van der Waals surface area contributed by atoms with Crippen LogP contribution in [0.25, 0.3) is 11.0 Å². The van der Waals surface area contributed by atoms with Gasteiger partial charge in [0.15, 0.2) is 0 Å². The minimum absolute atomic E-state index is 0.0170. The molecule has 3 heterocycles. The maximum absolute atomic E-state index is 13.4. The molecule has 0 radical (unpaired) electrons. The number of carbonyl (C=O) groups excluding carboxylic acids is 2. The summed E-state index contributed by atoms with van der Waals surface area (Å²) in [6.07, 6.45) is 1.67. The van der Waals surface area contributed by atoms with Crippen LogP contribution < -0.4 is 10.2 Å². The van der Waals surface area contributed by atoms with E-state index < -0.39 is 6.04 Å². The van der Waals surface area contributed by atoms with Gasteiger partial charge >= 0.3 is 0 Å². The predicted octanol–water partition coefficient (Wildman–Crippen LogP) is 4.51. The molecule has 2 amide bonds. The van der Waals surface area contributed by atoms with E-state index in [1.165, 1.54) is 0 Å². The average Bonchev–Trinajstić information content (AvgIpc) is 3.28. The van der Waals surface area contributed by atoms with Gasteiger partial charge in [0, 0.05) is 16.9 Å². The second-order valence-electron chi connectivity index (χ2n) is 7.70. The smallest absolute Gasteiger partial charge is 0.253 e. The summed E-state index contributed by atoms with van der Waals surface area (Å²) >= 11 is 6.17. The molecule has 8 heteroatoms. The second kappa shape index (κ2) is 8.09. The molecule has 1 N–H and O–H groups in total. The molecular weight excluding hydrogens is 426 g/mol. The molecule has 0 saturated heterocycles. The Balaban J connectivity index is 1.48. The number of anilines is 2. The number of nitrogens with zero attached hydrogens (tertiary/aromatic N) is 4. The summed E-state index contributed by atoms with van der Waals surface area (Å²) < 4.78 is 1.85. The number of pyridine rings is 1. The van der Waals surface area contributed by atoms with Crippen molar-refractivity contribution in [1.29, 1.82) is 0 Å². The summed E-state index contributed by atoms with van der Waals surface area (Å²) in [5.41, 5.74) is 3.76. The molecule has 0 saturated carbocycles. The van der Waals surface area contributed by atoms with Gasteiger partial charge in [-0.2, -0.15) is 0 Å². The summed E-state index contributed by atoms with van der Waals surface area (Å²) in [6, 6.07) is 17.8. The number of benzene rings is 2. The van der Waals surface area contributed by atoms with Gasteiger partial charge in [-0.25, -0.2) is 4.98 Å². The van der Waals surface area contributed by atoms with E-state index in [2.05, 4.69) is 15.3 Å². The fourth-order valence-corrected chi connectivity index (χ4v) is 4.19. The molecule has 0 fully saturated rings. The van der Waals surface area contributed by atoms with Gasteiger partial charge in [0.25, 0.3) is 5.91 Å². The quantitative estimate of drug-likeness (QED) is 0.490. The molecule has 0 bridgehead atoms. The van der Waals surface area contributed by atoms with E-state index in [0.717, 1.165) is 22.3 Å². The number of imidazole rings is 1. The van der Waals surface area contributed by atoms with Crippen molar-refractivity contribution in [3.05, 3.63) is 83.1 Å². The van der Waals surface area contributed by atoms with Crippen LogP contribution in [0.2, 0.25) is 5.02 Å². The summed E-state index contributed by atoms with van der Waals surface area (Å²) in [6.45, 7) is 2.13. The number of fused-ring (bicyclic) bond motifs is 3. The lowest BCUT2D eigenvalue weighted by molar-refractivity contribution is -0.124. The maximum Gasteiger partial charge on any atom is 0.253 e. The van der Waals surface area contributed by atoms with Crippen LogP contribution in [0.3, 0.4) is 0 Å². The van der Waals surface area contributed by atoms with E-state index in [1.807, 2.05) is 54.0 Å². The first-order valence-electron chi connectivity index (χ1n) is 10.3. The highest BCUT2D eigenvalue weighted by molar-refractivity contribution is 6.31. The van der Waals surface area contributed by atoms with Crippen molar-refractivity contribution >= 4 is 46.1 Å².